The highest BCUT2D eigenvalue weighted by Gasteiger charge is 2.36. The number of barbiturate groups is 1. The number of nitrogens with zero attached hydrogens (tertiary/aromatic N) is 2. The highest BCUT2D eigenvalue weighted by Crippen LogP contribution is 2.22. The van der Waals surface area contributed by atoms with E-state index in [1.807, 2.05) is 42.0 Å². The van der Waals surface area contributed by atoms with Crippen LogP contribution in [-0.4, -0.2) is 22.4 Å². The van der Waals surface area contributed by atoms with Gasteiger partial charge in [-0.05, 0) is 55.0 Å². The van der Waals surface area contributed by atoms with E-state index in [9.17, 15) is 18.8 Å². The number of carbonyl (C=O) groups is 3. The van der Waals surface area contributed by atoms with E-state index in [1.54, 1.807) is 6.07 Å². The van der Waals surface area contributed by atoms with Gasteiger partial charge in [0.15, 0.2) is 0 Å². The molecule has 1 fully saturated rings. The van der Waals surface area contributed by atoms with Crippen molar-refractivity contribution in [1.29, 1.82) is 0 Å². The van der Waals surface area contributed by atoms with Gasteiger partial charge in [0.2, 0.25) is 0 Å². The molecule has 30 heavy (non-hydrogen) atoms. The Balaban J connectivity index is 1.67. The molecule has 3 aromatic rings. The monoisotopic (exact) mass is 403 g/mol. The van der Waals surface area contributed by atoms with E-state index in [2.05, 4.69) is 11.4 Å². The molecule has 0 atom stereocenters. The summed E-state index contributed by atoms with van der Waals surface area (Å²) in [7, 11) is 0. The van der Waals surface area contributed by atoms with Gasteiger partial charge in [0.05, 0.1) is 5.69 Å². The van der Waals surface area contributed by atoms with E-state index >= 15 is 0 Å². The number of halogens is 1. The van der Waals surface area contributed by atoms with E-state index in [0.29, 0.717) is 12.2 Å². The zero-order valence-corrected chi connectivity index (χ0v) is 16.1. The van der Waals surface area contributed by atoms with Crippen molar-refractivity contribution in [2.45, 2.75) is 13.5 Å². The summed E-state index contributed by atoms with van der Waals surface area (Å²) < 4.78 is 15.1. The Bertz CT molecular complexity index is 1180. The summed E-state index contributed by atoms with van der Waals surface area (Å²) in [6, 6.07) is 15.7. The minimum Gasteiger partial charge on any atom is -0.344 e. The molecule has 6 nitrogen and oxygen atoms in total. The van der Waals surface area contributed by atoms with Gasteiger partial charge in [-0.25, -0.2) is 14.1 Å². The highest BCUT2D eigenvalue weighted by molar-refractivity contribution is 6.39. The van der Waals surface area contributed by atoms with E-state index in [-0.39, 0.29) is 11.3 Å². The molecule has 0 radical (unpaired) electrons. The topological polar surface area (TPSA) is 71.4 Å². The first-order chi connectivity index (χ1) is 14.4. The maximum Gasteiger partial charge on any atom is 0.335 e. The van der Waals surface area contributed by atoms with Gasteiger partial charge in [-0.2, -0.15) is 0 Å². The van der Waals surface area contributed by atoms with Crippen molar-refractivity contribution in [3.05, 3.63) is 95.1 Å². The van der Waals surface area contributed by atoms with Crippen LogP contribution in [0.25, 0.3) is 6.08 Å². The Kier molecular flexibility index (Phi) is 5.02. The Morgan fingerprint density at radius 2 is 1.77 bits per heavy atom. The number of rotatable bonds is 4. The lowest BCUT2D eigenvalue weighted by molar-refractivity contribution is -0.122. The molecule has 150 valence electrons. The number of aromatic nitrogens is 1. The summed E-state index contributed by atoms with van der Waals surface area (Å²) >= 11 is 0. The maximum absolute atomic E-state index is 13.2. The molecule has 1 aromatic heterocycles. The molecule has 0 spiro atoms. The van der Waals surface area contributed by atoms with E-state index in [1.165, 1.54) is 18.2 Å². The minimum atomic E-state index is -0.871. The lowest BCUT2D eigenvalue weighted by Crippen LogP contribution is -2.54. The Labute approximate surface area is 172 Å². The minimum absolute atomic E-state index is 0.174. The zero-order valence-electron chi connectivity index (χ0n) is 16.1. The molecule has 1 aliphatic rings. The van der Waals surface area contributed by atoms with Crippen molar-refractivity contribution in [3.8, 4) is 0 Å². The summed E-state index contributed by atoms with van der Waals surface area (Å²) in [5, 5.41) is 2.17. The zero-order chi connectivity index (χ0) is 21.3. The van der Waals surface area contributed by atoms with Crippen LogP contribution >= 0.6 is 0 Å². The van der Waals surface area contributed by atoms with Crippen molar-refractivity contribution in [1.82, 2.24) is 9.88 Å². The molecule has 0 bridgehead atoms. The standard InChI is InChI=1S/C23H18FN3O3/c1-15-4-2-5-16(12-15)14-26-11-3-6-19(26)13-20-21(28)25-23(30)27(22(20)29)18-9-7-17(24)8-10-18/h2-13H,14H2,1H3,(H,25,28,30). The fourth-order valence-corrected chi connectivity index (χ4v) is 3.34. The number of benzene rings is 2. The fraction of sp³-hybridized carbons (Fsp3) is 0.0870. The Morgan fingerprint density at radius 1 is 1.00 bits per heavy atom. The van der Waals surface area contributed by atoms with Crippen LogP contribution in [0.5, 0.6) is 0 Å². The van der Waals surface area contributed by atoms with Crippen molar-refractivity contribution >= 4 is 29.6 Å². The van der Waals surface area contributed by atoms with Crippen molar-refractivity contribution < 1.29 is 18.8 Å². The summed E-state index contributed by atoms with van der Waals surface area (Å²) in [5.41, 5.74) is 2.85. The van der Waals surface area contributed by atoms with E-state index in [4.69, 9.17) is 0 Å². The lowest BCUT2D eigenvalue weighted by atomic mass is 10.1. The van der Waals surface area contributed by atoms with Crippen LogP contribution < -0.4 is 10.2 Å². The number of carbonyl (C=O) groups excluding carboxylic acids is 3. The number of nitrogens with one attached hydrogen (secondary N) is 1. The average molecular weight is 403 g/mol. The molecular weight excluding hydrogens is 385 g/mol. The van der Waals surface area contributed by atoms with Gasteiger partial charge in [0, 0.05) is 18.4 Å². The van der Waals surface area contributed by atoms with Crippen LogP contribution in [0.15, 0.2) is 72.4 Å². The predicted molar refractivity (Wildman–Crippen MR) is 110 cm³/mol. The van der Waals surface area contributed by atoms with E-state index < -0.39 is 23.7 Å². The lowest BCUT2D eigenvalue weighted by Gasteiger charge is -2.26. The molecule has 2 aromatic carbocycles. The molecular formula is C23H18FN3O3. The smallest absolute Gasteiger partial charge is 0.335 e. The summed E-state index contributed by atoms with van der Waals surface area (Å²) in [5.74, 6) is -2.03. The molecule has 0 aliphatic carbocycles. The van der Waals surface area contributed by atoms with Gasteiger partial charge >= 0.3 is 6.03 Å². The van der Waals surface area contributed by atoms with Crippen LogP contribution in [0.3, 0.4) is 0 Å². The highest BCUT2D eigenvalue weighted by atomic mass is 19.1. The van der Waals surface area contributed by atoms with Crippen molar-refractivity contribution in [2.24, 2.45) is 0 Å². The number of imide groups is 2. The first-order valence-corrected chi connectivity index (χ1v) is 9.30. The second-order valence-corrected chi connectivity index (χ2v) is 6.98. The molecule has 0 unspecified atom stereocenters. The summed E-state index contributed by atoms with van der Waals surface area (Å²) in [6.45, 7) is 2.57. The predicted octanol–water partition coefficient (Wildman–Crippen LogP) is 3.65. The molecule has 1 aliphatic heterocycles. The third-order valence-electron chi connectivity index (χ3n) is 4.78. The first-order valence-electron chi connectivity index (χ1n) is 9.30. The van der Waals surface area contributed by atoms with Gasteiger partial charge in [-0.15, -0.1) is 0 Å². The van der Waals surface area contributed by atoms with Gasteiger partial charge in [0.1, 0.15) is 11.4 Å². The summed E-state index contributed by atoms with van der Waals surface area (Å²) in [4.78, 5) is 38.4. The van der Waals surface area contributed by atoms with Gasteiger partial charge in [-0.1, -0.05) is 29.8 Å². The van der Waals surface area contributed by atoms with Crippen LogP contribution in [0.4, 0.5) is 14.9 Å². The van der Waals surface area contributed by atoms with E-state index in [0.717, 1.165) is 28.2 Å². The number of aryl methyl sites for hydroxylation is 1. The second-order valence-electron chi connectivity index (χ2n) is 6.98. The normalized spacial score (nSPS) is 15.6. The number of hydrogen-bond acceptors (Lipinski definition) is 3. The molecule has 4 rings (SSSR count). The van der Waals surface area contributed by atoms with Gasteiger partial charge < -0.3 is 4.57 Å². The SMILES string of the molecule is Cc1cccc(Cn2cccc2C=C2C(=O)NC(=O)N(c3ccc(F)cc3)C2=O)c1. The molecule has 2 heterocycles. The molecule has 4 amide bonds. The quantitative estimate of drug-likeness (QED) is 0.534. The summed E-state index contributed by atoms with van der Waals surface area (Å²) in [6.07, 6.45) is 3.30. The number of urea groups is 1. The van der Waals surface area contributed by atoms with Crippen LogP contribution in [0.1, 0.15) is 16.8 Å². The van der Waals surface area contributed by atoms with Crippen LogP contribution in [0.2, 0.25) is 0 Å². The number of hydrogen-bond donors (Lipinski definition) is 1. The molecule has 7 heteroatoms. The first kappa shape index (κ1) is 19.3. The fourth-order valence-electron chi connectivity index (χ4n) is 3.34. The van der Waals surface area contributed by atoms with Gasteiger partial charge in [0.25, 0.3) is 11.8 Å². The largest absolute Gasteiger partial charge is 0.344 e. The Morgan fingerprint density at radius 3 is 2.50 bits per heavy atom. The molecule has 1 saturated heterocycles. The average Bonchev–Trinajstić information content (AvgIpc) is 3.13. The molecule has 1 N–H and O–H groups in total. The third-order valence-corrected chi connectivity index (χ3v) is 4.78. The second kappa shape index (κ2) is 7.79. The van der Waals surface area contributed by atoms with Crippen molar-refractivity contribution in [2.75, 3.05) is 4.90 Å². The number of amides is 4. The third kappa shape index (κ3) is 3.77. The van der Waals surface area contributed by atoms with Crippen LogP contribution in [-0.2, 0) is 16.1 Å². The van der Waals surface area contributed by atoms with Gasteiger partial charge in [-0.3, -0.25) is 14.9 Å². The molecule has 0 saturated carbocycles. The number of anilines is 1. The Hall–Kier alpha value is -4.00. The van der Waals surface area contributed by atoms with Crippen LogP contribution in [0, 0.1) is 12.7 Å². The maximum atomic E-state index is 13.2. The van der Waals surface area contributed by atoms with Crippen molar-refractivity contribution in [3.63, 3.8) is 0 Å².